The van der Waals surface area contributed by atoms with E-state index in [1.165, 1.54) is 24.1 Å². The smallest absolute Gasteiger partial charge is 0.319 e. The average molecular weight is 536 g/mol. The minimum absolute atomic E-state index is 0.0174. The number of rotatable bonds is 10. The van der Waals surface area contributed by atoms with E-state index < -0.39 is 5.41 Å². The van der Waals surface area contributed by atoms with Crippen LogP contribution in [0.2, 0.25) is 0 Å². The third-order valence-electron chi connectivity index (χ3n) is 7.65. The molecule has 208 valence electrons. The molecule has 1 aliphatic heterocycles. The molecule has 2 N–H and O–H groups in total. The van der Waals surface area contributed by atoms with Gasteiger partial charge in [-0.2, -0.15) is 0 Å². The average Bonchev–Trinajstić information content (AvgIpc) is 3.34. The summed E-state index contributed by atoms with van der Waals surface area (Å²) in [4.78, 5) is 27.5. The lowest BCUT2D eigenvalue weighted by Crippen LogP contribution is -2.38. The highest BCUT2D eigenvalue weighted by atomic mass is 19.1. The van der Waals surface area contributed by atoms with Gasteiger partial charge in [0.2, 0.25) is 0 Å². The number of carbonyl (C=O) groups excluding carboxylic acids is 2. The molecule has 2 aromatic carbocycles. The highest BCUT2D eigenvalue weighted by Gasteiger charge is 2.28. The Morgan fingerprint density at radius 1 is 1.15 bits per heavy atom. The van der Waals surface area contributed by atoms with Crippen LogP contribution < -0.4 is 10.6 Å². The number of likely N-dealkylation sites (tertiary alicyclic amines) is 1. The largest absolute Gasteiger partial charge is 0.338 e. The van der Waals surface area contributed by atoms with Crippen molar-refractivity contribution in [3.05, 3.63) is 59.4 Å². The lowest BCUT2D eigenvalue weighted by Gasteiger charge is -2.32. The third-order valence-corrected chi connectivity index (χ3v) is 7.65. The number of amides is 2. The fourth-order valence-electron chi connectivity index (χ4n) is 5.02. The van der Waals surface area contributed by atoms with Crippen molar-refractivity contribution in [2.75, 3.05) is 31.5 Å². The summed E-state index contributed by atoms with van der Waals surface area (Å²) in [5.41, 5.74) is 2.49. The Morgan fingerprint density at radius 3 is 2.62 bits per heavy atom. The first-order valence-electron chi connectivity index (χ1n) is 13.5. The minimum atomic E-state index is -0.738. The number of urea groups is 1. The molecule has 0 unspecified atom stereocenters. The standard InChI is InChI=1S/C29H38FN7O2/c1-20(38)29(2,3)24-16-23(27-33-34-35-36(27)4)17-26(18-24)32-28(39)31-12-6-14-37-13-5-7-22(19-37)15-21-8-10-25(30)11-9-21/h8-11,16-18,22H,5-7,12-15,19H2,1-4H3,(H2,31,32,39)/t22-/m0/s1. The first-order chi connectivity index (χ1) is 18.6. The predicted octanol–water partition coefficient (Wildman–Crippen LogP) is 4.35. The van der Waals surface area contributed by atoms with Crippen LogP contribution in [0.25, 0.3) is 11.4 Å². The van der Waals surface area contributed by atoms with Gasteiger partial charge in [-0.05, 0) is 117 Å². The number of aromatic nitrogens is 4. The Labute approximate surface area is 229 Å². The summed E-state index contributed by atoms with van der Waals surface area (Å²) in [6.45, 7) is 8.81. The number of benzene rings is 2. The first-order valence-corrected chi connectivity index (χ1v) is 13.5. The van der Waals surface area contributed by atoms with Crippen molar-refractivity contribution in [3.63, 3.8) is 0 Å². The van der Waals surface area contributed by atoms with E-state index in [1.807, 2.05) is 38.1 Å². The van der Waals surface area contributed by atoms with Crippen molar-refractivity contribution in [1.82, 2.24) is 30.4 Å². The third kappa shape index (κ3) is 7.47. The van der Waals surface area contributed by atoms with Gasteiger partial charge in [-0.15, -0.1) is 5.10 Å². The van der Waals surface area contributed by atoms with Crippen LogP contribution in [0.4, 0.5) is 14.9 Å². The van der Waals surface area contributed by atoms with E-state index in [9.17, 15) is 14.0 Å². The van der Waals surface area contributed by atoms with E-state index in [-0.39, 0.29) is 17.6 Å². The van der Waals surface area contributed by atoms with Crippen molar-refractivity contribution < 1.29 is 14.0 Å². The second-order valence-corrected chi connectivity index (χ2v) is 11.0. The molecule has 0 bridgehead atoms. The molecule has 39 heavy (non-hydrogen) atoms. The zero-order valence-corrected chi connectivity index (χ0v) is 23.2. The van der Waals surface area contributed by atoms with Crippen molar-refractivity contribution >= 4 is 17.5 Å². The molecule has 10 heteroatoms. The van der Waals surface area contributed by atoms with E-state index >= 15 is 0 Å². The lowest BCUT2D eigenvalue weighted by atomic mass is 9.80. The second-order valence-electron chi connectivity index (χ2n) is 11.0. The molecule has 4 rings (SSSR count). The van der Waals surface area contributed by atoms with Gasteiger partial charge < -0.3 is 15.5 Å². The molecule has 0 aliphatic carbocycles. The Balaban J connectivity index is 1.30. The molecule has 0 spiro atoms. The number of aryl methyl sites for hydroxylation is 1. The molecule has 0 saturated carbocycles. The first kappa shape index (κ1) is 28.4. The maximum Gasteiger partial charge on any atom is 0.319 e. The van der Waals surface area contributed by atoms with Gasteiger partial charge >= 0.3 is 6.03 Å². The van der Waals surface area contributed by atoms with Crippen molar-refractivity contribution in [2.45, 2.75) is 51.9 Å². The van der Waals surface area contributed by atoms with Gasteiger partial charge in [0.1, 0.15) is 11.6 Å². The van der Waals surface area contributed by atoms with E-state index in [4.69, 9.17) is 0 Å². The molecule has 2 amide bonds. The molecule has 1 saturated heterocycles. The number of carbonyl (C=O) groups is 2. The zero-order valence-electron chi connectivity index (χ0n) is 23.2. The van der Waals surface area contributed by atoms with E-state index in [2.05, 4.69) is 31.1 Å². The lowest BCUT2D eigenvalue weighted by molar-refractivity contribution is -0.121. The molecule has 1 aliphatic rings. The number of piperidine rings is 1. The fourth-order valence-corrected chi connectivity index (χ4v) is 5.02. The number of ketones is 1. The zero-order chi connectivity index (χ0) is 28.0. The monoisotopic (exact) mass is 535 g/mol. The van der Waals surface area contributed by atoms with Crippen LogP contribution in [0.3, 0.4) is 0 Å². The number of hydrogen-bond donors (Lipinski definition) is 2. The number of hydrogen-bond acceptors (Lipinski definition) is 6. The minimum Gasteiger partial charge on any atom is -0.338 e. The fraction of sp³-hybridized carbons (Fsp3) is 0.483. The molecular weight excluding hydrogens is 497 g/mol. The van der Waals surface area contributed by atoms with E-state index in [0.717, 1.165) is 44.5 Å². The molecule has 1 atom stereocenters. The summed E-state index contributed by atoms with van der Waals surface area (Å²) >= 11 is 0. The normalized spacial score (nSPS) is 16.2. The molecule has 1 aromatic heterocycles. The number of halogens is 1. The quantitative estimate of drug-likeness (QED) is 0.374. The molecule has 2 heterocycles. The van der Waals surface area contributed by atoms with Crippen molar-refractivity contribution in [3.8, 4) is 11.4 Å². The number of Topliss-reactive ketones (excluding diaryl/α,β-unsaturated/α-hetero) is 1. The molecule has 0 radical (unpaired) electrons. The molecular formula is C29H38FN7O2. The van der Waals surface area contributed by atoms with Gasteiger partial charge in [-0.1, -0.05) is 12.1 Å². The summed E-state index contributed by atoms with van der Waals surface area (Å²) in [6, 6.07) is 12.0. The predicted molar refractivity (Wildman–Crippen MR) is 149 cm³/mol. The summed E-state index contributed by atoms with van der Waals surface area (Å²) in [6.07, 6.45) is 4.13. The molecule has 9 nitrogen and oxygen atoms in total. The Bertz CT molecular complexity index is 1290. The van der Waals surface area contributed by atoms with Crippen LogP contribution >= 0.6 is 0 Å². The van der Waals surface area contributed by atoms with Gasteiger partial charge in [0.05, 0.1) is 0 Å². The highest BCUT2D eigenvalue weighted by Crippen LogP contribution is 2.31. The number of anilines is 1. The van der Waals surface area contributed by atoms with Gasteiger partial charge in [-0.25, -0.2) is 13.9 Å². The Kier molecular flexibility index (Phi) is 9.06. The van der Waals surface area contributed by atoms with Gasteiger partial charge in [0, 0.05) is 36.8 Å². The highest BCUT2D eigenvalue weighted by molar-refractivity contribution is 5.92. The number of nitrogens with one attached hydrogen (secondary N) is 2. The van der Waals surface area contributed by atoms with E-state index in [1.54, 1.807) is 24.7 Å². The summed E-state index contributed by atoms with van der Waals surface area (Å²) in [5, 5.41) is 17.6. The van der Waals surface area contributed by atoms with Crippen LogP contribution in [-0.2, 0) is 23.7 Å². The van der Waals surface area contributed by atoms with Crippen molar-refractivity contribution in [1.29, 1.82) is 0 Å². The van der Waals surface area contributed by atoms with E-state index in [0.29, 0.717) is 29.5 Å². The summed E-state index contributed by atoms with van der Waals surface area (Å²) in [5.74, 6) is 0.921. The molecule has 3 aromatic rings. The summed E-state index contributed by atoms with van der Waals surface area (Å²) < 4.78 is 14.8. The summed E-state index contributed by atoms with van der Waals surface area (Å²) in [7, 11) is 1.74. The number of nitrogens with zero attached hydrogens (tertiary/aromatic N) is 5. The van der Waals surface area contributed by atoms with Crippen LogP contribution in [-0.4, -0.2) is 63.1 Å². The van der Waals surface area contributed by atoms with Crippen molar-refractivity contribution in [2.24, 2.45) is 13.0 Å². The van der Waals surface area contributed by atoms with Crippen LogP contribution in [0.1, 0.15) is 51.2 Å². The maximum absolute atomic E-state index is 13.2. The van der Waals surface area contributed by atoms with Gasteiger partial charge in [0.25, 0.3) is 0 Å². The van der Waals surface area contributed by atoms with Gasteiger partial charge in [-0.3, -0.25) is 4.79 Å². The maximum atomic E-state index is 13.2. The van der Waals surface area contributed by atoms with Gasteiger partial charge in [0.15, 0.2) is 5.82 Å². The van der Waals surface area contributed by atoms with Crippen LogP contribution in [0, 0.1) is 11.7 Å². The second kappa shape index (κ2) is 12.5. The Morgan fingerprint density at radius 2 is 1.92 bits per heavy atom. The topological polar surface area (TPSA) is 105 Å². The Hall–Kier alpha value is -3.66. The number of tetrazole rings is 1. The van der Waals surface area contributed by atoms with Crippen LogP contribution in [0.15, 0.2) is 42.5 Å². The SMILES string of the molecule is CC(=O)C(C)(C)c1cc(NC(=O)NCCCN2CCC[C@@H](Cc3ccc(F)cc3)C2)cc(-c2nnnn2C)c1. The molecule has 1 fully saturated rings. The van der Waals surface area contributed by atoms with Crippen LogP contribution in [0.5, 0.6) is 0 Å².